The monoisotopic (exact) mass is 1190 g/mol. The second kappa shape index (κ2) is 38.1. The number of phosphoric ester groups is 1. The van der Waals surface area contributed by atoms with Crippen LogP contribution in [0.4, 0.5) is 0 Å². The summed E-state index contributed by atoms with van der Waals surface area (Å²) in [6.07, 6.45) is 1.32. The number of unbranched alkanes of at least 4 members (excludes halogenated alkanes) is 3. The minimum atomic E-state index is -5.39. The molecule has 0 heterocycles. The number of thiol groups is 1. The first kappa shape index (κ1) is 71.4. The van der Waals surface area contributed by atoms with E-state index < -0.39 is 135 Å². The molecule has 0 radical (unpaired) electrons. The number of benzene rings is 2. The van der Waals surface area contributed by atoms with Gasteiger partial charge in [0.2, 0.25) is 47.3 Å². The van der Waals surface area contributed by atoms with Crippen LogP contribution in [0.5, 0.6) is 5.75 Å². The maximum absolute atomic E-state index is 14.5. The van der Waals surface area contributed by atoms with Crippen LogP contribution in [0.3, 0.4) is 0 Å². The smallest absolute Gasteiger partial charge is 0.327 e. The lowest BCUT2D eigenvalue weighted by molar-refractivity contribution is -0.333. The number of hydrogen-bond donors (Lipinski definition) is 15. The van der Waals surface area contributed by atoms with Crippen molar-refractivity contribution in [3.8, 4) is 5.75 Å². The zero-order valence-corrected chi connectivity index (χ0v) is 47.9. The van der Waals surface area contributed by atoms with Gasteiger partial charge >= 0.3 is 11.9 Å². The molecular weight excluding hydrogens is 1110 g/mol. The van der Waals surface area contributed by atoms with Crippen LogP contribution in [-0.4, -0.2) is 150 Å². The third kappa shape index (κ3) is 27.8. The van der Waals surface area contributed by atoms with Gasteiger partial charge in [0.1, 0.15) is 55.9 Å². The van der Waals surface area contributed by atoms with Gasteiger partial charge in [-0.2, -0.15) is 12.6 Å². The van der Waals surface area contributed by atoms with Crippen LogP contribution in [-0.2, 0) is 65.4 Å². The lowest BCUT2D eigenvalue weighted by Crippen LogP contribution is -2.60. The summed E-state index contributed by atoms with van der Waals surface area (Å²) in [5, 5.41) is 39.4. The number of aliphatic carboxylic acids is 2. The summed E-state index contributed by atoms with van der Waals surface area (Å²) >= 11 is 4.00. The van der Waals surface area contributed by atoms with Gasteiger partial charge in [0.15, 0.2) is 0 Å². The molecule has 2 rings (SSSR count). The molecule has 30 heteroatoms. The Morgan fingerprint density at radius 2 is 0.963 bits per heavy atom. The van der Waals surface area contributed by atoms with Crippen LogP contribution in [0.2, 0.25) is 0 Å². The van der Waals surface area contributed by atoms with E-state index >= 15 is 0 Å². The zero-order valence-electron chi connectivity index (χ0n) is 46.1. The van der Waals surface area contributed by atoms with Gasteiger partial charge in [-0.1, -0.05) is 62.7 Å². The molecular formula is C52H81N12O16PS-2. The zero-order chi connectivity index (χ0) is 61.4. The van der Waals surface area contributed by atoms with Crippen molar-refractivity contribution in [3.05, 3.63) is 65.7 Å². The van der Waals surface area contributed by atoms with E-state index in [1.165, 1.54) is 12.1 Å². The van der Waals surface area contributed by atoms with E-state index in [1.54, 1.807) is 44.2 Å². The quantitative estimate of drug-likeness (QED) is 0.0177. The van der Waals surface area contributed by atoms with Crippen molar-refractivity contribution in [2.75, 3.05) is 31.9 Å². The molecule has 458 valence electrons. The average molecular weight is 1190 g/mol. The number of phosphoric acid groups is 1. The van der Waals surface area contributed by atoms with Crippen LogP contribution in [0.25, 0.3) is 0 Å². The third-order valence-corrected chi connectivity index (χ3v) is 13.7. The maximum Gasteiger partial charge on any atom is 0.327 e. The van der Waals surface area contributed by atoms with Gasteiger partial charge < -0.3 is 94.6 Å². The van der Waals surface area contributed by atoms with Crippen LogP contribution < -0.4 is 79.8 Å². The number of carboxylic acid groups (broad SMARTS) is 2. The molecule has 8 amide bonds. The molecule has 2 aromatic rings. The van der Waals surface area contributed by atoms with Crippen molar-refractivity contribution < 1.29 is 77.0 Å². The Kier molecular flexibility index (Phi) is 33.2. The van der Waals surface area contributed by atoms with E-state index in [2.05, 4.69) is 59.7 Å². The molecule has 0 aliphatic carbocycles. The minimum absolute atomic E-state index is 0.0168. The van der Waals surface area contributed by atoms with Crippen LogP contribution >= 0.6 is 20.5 Å². The van der Waals surface area contributed by atoms with E-state index in [-0.39, 0.29) is 69.2 Å². The van der Waals surface area contributed by atoms with Crippen LogP contribution in [0, 0.1) is 5.92 Å². The Hall–Kier alpha value is -6.72. The largest absolute Gasteiger partial charge is 0.780 e. The number of carboxylic acids is 2. The van der Waals surface area contributed by atoms with Gasteiger partial charge in [0, 0.05) is 25.0 Å². The number of hydrogen-bond acceptors (Lipinski definition) is 19. The van der Waals surface area contributed by atoms with E-state index in [4.69, 9.17) is 22.9 Å². The van der Waals surface area contributed by atoms with Crippen molar-refractivity contribution in [1.29, 1.82) is 0 Å². The van der Waals surface area contributed by atoms with E-state index in [9.17, 15) is 72.5 Å². The molecule has 0 unspecified atom stereocenters. The van der Waals surface area contributed by atoms with Gasteiger partial charge in [0.25, 0.3) is 0 Å². The number of nitrogens with one attached hydrogen (secondary N) is 8. The van der Waals surface area contributed by atoms with Crippen molar-refractivity contribution in [2.45, 2.75) is 152 Å². The molecule has 0 aromatic heterocycles. The fraction of sp³-hybridized carbons (Fsp3) is 0.577. The highest BCUT2D eigenvalue weighted by Crippen LogP contribution is 2.29. The van der Waals surface area contributed by atoms with Crippen LogP contribution in [0.1, 0.15) is 102 Å². The fourth-order valence-electron chi connectivity index (χ4n) is 8.00. The van der Waals surface area contributed by atoms with Gasteiger partial charge in [-0.3, -0.25) is 43.2 Å². The fourth-order valence-corrected chi connectivity index (χ4v) is 8.63. The predicted molar refractivity (Wildman–Crippen MR) is 300 cm³/mol. The first-order chi connectivity index (χ1) is 38.9. The molecule has 0 saturated carbocycles. The molecule has 82 heavy (non-hydrogen) atoms. The second-order valence-corrected chi connectivity index (χ2v) is 20.9. The first-order valence-corrected chi connectivity index (χ1v) is 29.1. The summed E-state index contributed by atoms with van der Waals surface area (Å²) in [6, 6.07) is 2.43. The van der Waals surface area contributed by atoms with E-state index in [1.807, 2.05) is 0 Å². The average Bonchev–Trinajstić information content (AvgIpc) is 3.45. The van der Waals surface area contributed by atoms with Crippen LogP contribution in [0.15, 0.2) is 54.6 Å². The SMILES string of the molecule is CC[C@H](C)[C@H](N)C(=O)N[C@@H](Cc1ccc(OP(=O)([O-])[O-])cc1)C(=O)NCC(=O)N[C@@H](CCC(=O)O)C(=O)N[C@@H](Cc1ccccc1)C(=O)N[C@@H](CCCCN)C(=O)N[C@@H](CCCCN)C(=O)N[C@@H](CCCCN)C(=O)N[C@@H](CS)C(=O)O. The lowest BCUT2D eigenvalue weighted by atomic mass is 9.98. The summed E-state index contributed by atoms with van der Waals surface area (Å²) in [7, 11) is -5.39. The summed E-state index contributed by atoms with van der Waals surface area (Å²) in [4.78, 5) is 156. The Labute approximate surface area is 481 Å². The standard InChI is InChI=1S/C52H83N12O16PS/c1-3-31(2)44(56)51(74)63-39(28-33-18-20-34(21-19-33)80-81(77,78)79)45(68)57-29-42(65)58-38(22-23-43(66)67)49(72)62-40(27-32-13-5-4-6-14-32)50(73)61-36(16-8-11-25-54)47(70)59-35(15-7-10-24-53)46(69)60-37(17-9-12-26-55)48(71)64-41(30-82)52(75)76/h4-6,13-14,18-21,31,35-41,44,82H,3,7-12,15-17,22-30,53-56H2,1-2H3,(H,57,68)(H,58,65)(H,59,70)(H,60,69)(H,61,73)(H,62,72)(H,63,74)(H,64,71)(H,66,67)(H,75,76)(H2,77,78,79)/p-2/t31-,35-,36-,37-,38-,39-,40-,41-,44-/m0/s1. The molecule has 0 fully saturated rings. The highest BCUT2D eigenvalue weighted by atomic mass is 32.1. The summed E-state index contributed by atoms with van der Waals surface area (Å²) in [5.41, 5.74) is 24.2. The molecule has 9 atom stereocenters. The Morgan fingerprint density at radius 3 is 1.38 bits per heavy atom. The predicted octanol–water partition coefficient (Wildman–Crippen LogP) is -3.17. The van der Waals surface area contributed by atoms with Crippen molar-refractivity contribution in [3.63, 3.8) is 0 Å². The first-order valence-electron chi connectivity index (χ1n) is 27.0. The maximum atomic E-state index is 14.5. The molecule has 2 aromatic carbocycles. The summed E-state index contributed by atoms with van der Waals surface area (Å²) < 4.78 is 15.5. The number of rotatable bonds is 41. The third-order valence-electron chi connectivity index (χ3n) is 12.9. The molecule has 0 aliphatic heterocycles. The summed E-state index contributed by atoms with van der Waals surface area (Å²) in [6.45, 7) is 3.43. The number of nitrogens with two attached hydrogens (primary N) is 4. The number of carbonyl (C=O) groups excluding carboxylic acids is 8. The highest BCUT2D eigenvalue weighted by Gasteiger charge is 2.34. The topological polar surface area (TPSA) is 484 Å². The van der Waals surface area contributed by atoms with Gasteiger partial charge in [-0.25, -0.2) is 4.79 Å². The van der Waals surface area contributed by atoms with E-state index in [0.29, 0.717) is 56.1 Å². The molecule has 18 N–H and O–H groups in total. The van der Waals surface area contributed by atoms with Gasteiger partial charge in [0.05, 0.1) is 12.6 Å². The van der Waals surface area contributed by atoms with Gasteiger partial charge in [-0.15, -0.1) is 0 Å². The number of carbonyl (C=O) groups is 10. The molecule has 0 bridgehead atoms. The summed E-state index contributed by atoms with van der Waals surface area (Å²) in [5.74, 6) is -10.6. The van der Waals surface area contributed by atoms with E-state index in [0.717, 1.165) is 12.1 Å². The molecule has 28 nitrogen and oxygen atoms in total. The molecule has 0 spiro atoms. The second-order valence-electron chi connectivity index (χ2n) is 19.5. The number of amides is 8. The highest BCUT2D eigenvalue weighted by molar-refractivity contribution is 7.80. The molecule has 0 saturated heterocycles. The molecule has 0 aliphatic rings. The van der Waals surface area contributed by atoms with Crippen molar-refractivity contribution in [2.24, 2.45) is 28.9 Å². The lowest BCUT2D eigenvalue weighted by Gasteiger charge is -2.29. The normalized spacial score (nSPS) is 14.5. The Bertz CT molecular complexity index is 2440. The Balaban J connectivity index is 2.45. The van der Waals surface area contributed by atoms with Crippen molar-refractivity contribution >= 4 is 79.6 Å². The van der Waals surface area contributed by atoms with Gasteiger partial charge in [-0.05, 0) is 113 Å². The van der Waals surface area contributed by atoms with Crippen molar-refractivity contribution in [1.82, 2.24) is 42.5 Å². The Morgan fingerprint density at radius 1 is 0.561 bits per heavy atom. The minimum Gasteiger partial charge on any atom is -0.780 e.